The Morgan fingerprint density at radius 3 is 2.69 bits per heavy atom. The minimum atomic E-state index is -0.470. The molecule has 1 aliphatic heterocycles. The molecule has 0 radical (unpaired) electrons. The molecule has 1 fully saturated rings. The molecule has 0 aromatic heterocycles. The number of nitrogens with zero attached hydrogens (tertiary/aromatic N) is 1. The maximum Gasteiger partial charge on any atom is 0.307 e. The van der Waals surface area contributed by atoms with Gasteiger partial charge in [0.25, 0.3) is 0 Å². The zero-order chi connectivity index (χ0) is 19.0. The number of nitrogens with two attached hydrogens (primary N) is 1. The molecule has 150 valence electrons. The highest BCUT2D eigenvalue weighted by molar-refractivity contribution is 5.84. The van der Waals surface area contributed by atoms with Crippen molar-refractivity contribution in [1.29, 1.82) is 0 Å². The predicted molar refractivity (Wildman–Crippen MR) is 103 cm³/mol. The molecule has 2 unspecified atom stereocenters. The highest BCUT2D eigenvalue weighted by Gasteiger charge is 2.29. The number of rotatable bonds is 9. The molecule has 2 rings (SSSR count). The fourth-order valence-corrected chi connectivity index (χ4v) is 3.83. The second-order valence-electron chi connectivity index (χ2n) is 8.70. The van der Waals surface area contributed by atoms with Crippen LogP contribution in [0.4, 0.5) is 0 Å². The Hall–Kier alpha value is -1.14. The van der Waals surface area contributed by atoms with Gasteiger partial charge in [-0.05, 0) is 46.1 Å². The van der Waals surface area contributed by atoms with Gasteiger partial charge in [-0.1, -0.05) is 44.9 Å². The summed E-state index contributed by atoms with van der Waals surface area (Å²) in [7, 11) is 0. The van der Waals surface area contributed by atoms with Crippen molar-refractivity contribution < 1.29 is 14.4 Å². The normalized spacial score (nSPS) is 22.6. The Morgan fingerprint density at radius 1 is 1.31 bits per heavy atom. The monoisotopic (exact) mass is 367 g/mol. The summed E-state index contributed by atoms with van der Waals surface area (Å²) < 4.78 is 5.51. The average molecular weight is 368 g/mol. The Morgan fingerprint density at radius 2 is 2.04 bits per heavy atom. The molecule has 1 aliphatic carbocycles. The summed E-state index contributed by atoms with van der Waals surface area (Å²) in [5.41, 5.74) is 8.05. The van der Waals surface area contributed by atoms with E-state index >= 15 is 0 Å². The third kappa shape index (κ3) is 7.62. The first-order valence-electron chi connectivity index (χ1n) is 10.3. The van der Waals surface area contributed by atoms with Crippen LogP contribution in [-0.4, -0.2) is 30.2 Å². The van der Waals surface area contributed by atoms with Crippen molar-refractivity contribution in [1.82, 2.24) is 5.48 Å². The van der Waals surface area contributed by atoms with Gasteiger partial charge in [-0.15, -0.1) is 5.48 Å². The molecule has 0 saturated heterocycles. The van der Waals surface area contributed by atoms with Crippen LogP contribution >= 0.6 is 0 Å². The predicted octanol–water partition coefficient (Wildman–Crippen LogP) is 3.69. The number of aliphatic imine (C=N–C) groups is 1. The lowest BCUT2D eigenvalue weighted by Gasteiger charge is -2.23. The van der Waals surface area contributed by atoms with Crippen LogP contribution in [0, 0.1) is 11.8 Å². The van der Waals surface area contributed by atoms with Gasteiger partial charge in [-0.2, -0.15) is 0 Å². The highest BCUT2D eigenvalue weighted by Crippen LogP contribution is 2.29. The molecule has 0 aromatic carbocycles. The average Bonchev–Trinajstić information content (AvgIpc) is 3.02. The summed E-state index contributed by atoms with van der Waals surface area (Å²) >= 11 is 0. The van der Waals surface area contributed by atoms with Crippen LogP contribution in [0.3, 0.4) is 0 Å². The smallest absolute Gasteiger partial charge is 0.307 e. The number of carbonyl (C=O) groups is 1. The van der Waals surface area contributed by atoms with Gasteiger partial charge in [0, 0.05) is 5.92 Å². The number of hydrogen-bond acceptors (Lipinski definition) is 6. The van der Waals surface area contributed by atoms with Crippen LogP contribution in [0.15, 0.2) is 4.99 Å². The molecule has 1 heterocycles. The van der Waals surface area contributed by atoms with Crippen LogP contribution < -0.4 is 11.2 Å². The van der Waals surface area contributed by atoms with E-state index in [1.54, 1.807) is 0 Å². The number of nitrogens with one attached hydrogen (secondary N) is 1. The van der Waals surface area contributed by atoms with Crippen molar-refractivity contribution in [3.8, 4) is 0 Å². The Labute approximate surface area is 158 Å². The lowest BCUT2D eigenvalue weighted by atomic mass is 9.84. The SMILES string of the molecule is CC(C)(C)OC(=O)CC(CCCC1CCCCC1)C1=NC(CCN)NO1. The van der Waals surface area contributed by atoms with E-state index in [1.165, 1.54) is 38.5 Å². The van der Waals surface area contributed by atoms with Gasteiger partial charge in [0.15, 0.2) is 0 Å². The molecular weight excluding hydrogens is 330 g/mol. The third-order valence-electron chi connectivity index (χ3n) is 5.09. The van der Waals surface area contributed by atoms with Gasteiger partial charge < -0.3 is 15.3 Å². The molecule has 26 heavy (non-hydrogen) atoms. The minimum Gasteiger partial charge on any atom is -0.460 e. The quantitative estimate of drug-likeness (QED) is 0.607. The molecular formula is C20H37N3O3. The lowest BCUT2D eigenvalue weighted by Crippen LogP contribution is -2.28. The van der Waals surface area contributed by atoms with E-state index in [-0.39, 0.29) is 18.1 Å². The van der Waals surface area contributed by atoms with Gasteiger partial charge in [0.2, 0.25) is 5.90 Å². The Balaban J connectivity index is 1.90. The van der Waals surface area contributed by atoms with E-state index in [0.717, 1.165) is 25.2 Å². The maximum absolute atomic E-state index is 12.3. The van der Waals surface area contributed by atoms with E-state index in [0.29, 0.717) is 18.9 Å². The minimum absolute atomic E-state index is 0.0243. The second kappa shape index (κ2) is 10.3. The number of ether oxygens (including phenoxy) is 1. The summed E-state index contributed by atoms with van der Waals surface area (Å²) in [6.45, 7) is 6.23. The van der Waals surface area contributed by atoms with Crippen LogP contribution in [0.25, 0.3) is 0 Å². The first-order valence-corrected chi connectivity index (χ1v) is 10.3. The molecule has 0 aromatic rings. The first kappa shape index (κ1) is 21.2. The van der Waals surface area contributed by atoms with Crippen molar-refractivity contribution in [3.05, 3.63) is 0 Å². The van der Waals surface area contributed by atoms with Crippen molar-refractivity contribution in [2.45, 2.75) is 96.7 Å². The van der Waals surface area contributed by atoms with Crippen molar-refractivity contribution >= 4 is 11.9 Å². The fraction of sp³-hybridized carbons (Fsp3) is 0.900. The van der Waals surface area contributed by atoms with E-state index in [4.69, 9.17) is 15.3 Å². The largest absolute Gasteiger partial charge is 0.460 e. The molecule has 6 heteroatoms. The van der Waals surface area contributed by atoms with Crippen LogP contribution in [0.2, 0.25) is 0 Å². The highest BCUT2D eigenvalue weighted by atomic mass is 16.7. The topological polar surface area (TPSA) is 85.9 Å². The van der Waals surface area contributed by atoms with Gasteiger partial charge >= 0.3 is 5.97 Å². The molecule has 2 atom stereocenters. The van der Waals surface area contributed by atoms with Crippen molar-refractivity contribution in [2.24, 2.45) is 22.6 Å². The summed E-state index contributed by atoms with van der Waals surface area (Å²) in [6.07, 6.45) is 11.0. The molecule has 3 N–H and O–H groups in total. The molecule has 0 amide bonds. The van der Waals surface area contributed by atoms with E-state index in [2.05, 4.69) is 10.5 Å². The zero-order valence-corrected chi connectivity index (χ0v) is 16.8. The number of hydroxylamine groups is 1. The molecule has 1 saturated carbocycles. The van der Waals surface area contributed by atoms with Gasteiger partial charge in [-0.25, -0.2) is 4.99 Å². The summed E-state index contributed by atoms with van der Waals surface area (Å²) in [5, 5.41) is 0. The second-order valence-corrected chi connectivity index (χ2v) is 8.70. The van der Waals surface area contributed by atoms with Crippen LogP contribution in [0.1, 0.15) is 85.0 Å². The number of hydrogen-bond donors (Lipinski definition) is 2. The standard InChI is InChI=1S/C20H37N3O3/c1-20(2,3)25-18(24)14-16(19-22-17(12-13-21)23-26-19)11-7-10-15-8-5-4-6-9-15/h15-17,23H,4-14,21H2,1-3H3. The zero-order valence-electron chi connectivity index (χ0n) is 16.8. The van der Waals surface area contributed by atoms with Crippen LogP contribution in [-0.2, 0) is 14.4 Å². The fourth-order valence-electron chi connectivity index (χ4n) is 3.83. The van der Waals surface area contributed by atoms with E-state index in [1.807, 2.05) is 20.8 Å². The summed E-state index contributed by atoms with van der Waals surface area (Å²) in [5.74, 6) is 1.27. The lowest BCUT2D eigenvalue weighted by molar-refractivity contribution is -0.155. The van der Waals surface area contributed by atoms with Crippen molar-refractivity contribution in [3.63, 3.8) is 0 Å². The maximum atomic E-state index is 12.3. The van der Waals surface area contributed by atoms with Gasteiger partial charge in [0.05, 0.1) is 6.42 Å². The molecule has 6 nitrogen and oxygen atoms in total. The van der Waals surface area contributed by atoms with Crippen molar-refractivity contribution in [2.75, 3.05) is 6.54 Å². The summed E-state index contributed by atoms with van der Waals surface area (Å²) in [4.78, 5) is 22.5. The first-order chi connectivity index (χ1) is 12.4. The number of esters is 1. The molecule has 0 bridgehead atoms. The van der Waals surface area contributed by atoms with Gasteiger partial charge in [0.1, 0.15) is 11.8 Å². The molecule has 0 spiro atoms. The third-order valence-corrected chi connectivity index (χ3v) is 5.09. The Kier molecular flexibility index (Phi) is 8.35. The van der Waals surface area contributed by atoms with E-state index in [9.17, 15) is 4.79 Å². The Bertz CT molecular complexity index is 467. The number of carbonyl (C=O) groups excluding carboxylic acids is 1. The van der Waals surface area contributed by atoms with E-state index < -0.39 is 5.60 Å². The summed E-state index contributed by atoms with van der Waals surface area (Å²) in [6, 6.07) is 0. The molecule has 2 aliphatic rings. The van der Waals surface area contributed by atoms with Gasteiger partial charge in [-0.3, -0.25) is 4.79 Å². The van der Waals surface area contributed by atoms with Crippen LogP contribution in [0.5, 0.6) is 0 Å².